The molecule has 0 amide bonds. The van der Waals surface area contributed by atoms with Crippen LogP contribution in [-0.2, 0) is 0 Å². The average Bonchev–Trinajstić information content (AvgIpc) is 2.44. The van der Waals surface area contributed by atoms with Gasteiger partial charge in [-0.25, -0.2) is 4.99 Å². The lowest BCUT2D eigenvalue weighted by atomic mass is 10.2. The molecule has 0 saturated heterocycles. The van der Waals surface area contributed by atoms with E-state index in [0.29, 0.717) is 0 Å². The van der Waals surface area contributed by atoms with Crippen molar-refractivity contribution >= 4 is 23.9 Å². The topological polar surface area (TPSA) is 30.9 Å². The Bertz CT molecular complexity index is 484. The Morgan fingerprint density at radius 3 is 2.50 bits per heavy atom. The zero-order valence-electron chi connectivity index (χ0n) is 12.5. The van der Waals surface area contributed by atoms with E-state index in [1.165, 1.54) is 5.69 Å². The first kappa shape index (κ1) is 16.4. The summed E-state index contributed by atoms with van der Waals surface area (Å²) in [6.07, 6.45) is 2.23. The summed E-state index contributed by atoms with van der Waals surface area (Å²) in [5, 5.41) is 3.22. The maximum atomic E-state index is 4.76. The number of nitrogens with zero attached hydrogens (tertiary/aromatic N) is 3. The van der Waals surface area contributed by atoms with Gasteiger partial charge in [-0.3, -0.25) is 0 Å². The molecule has 1 N–H and O–H groups in total. The van der Waals surface area contributed by atoms with Crippen molar-refractivity contribution in [2.24, 2.45) is 4.99 Å². The molecule has 0 radical (unpaired) electrons. The second-order valence-corrected chi connectivity index (χ2v) is 4.59. The number of amidine groups is 1. The third kappa shape index (κ3) is 3.25. The van der Waals surface area contributed by atoms with E-state index < -0.39 is 0 Å². The fourth-order valence-corrected chi connectivity index (χ4v) is 2.22. The number of para-hydroxylation sites is 1. The van der Waals surface area contributed by atoms with E-state index in [1.807, 2.05) is 20.2 Å². The zero-order chi connectivity index (χ0) is 13.8. The molecule has 1 unspecified atom stereocenters. The molecule has 0 spiro atoms. The van der Waals surface area contributed by atoms with Gasteiger partial charge in [-0.05, 0) is 26.0 Å². The Morgan fingerprint density at radius 1 is 1.30 bits per heavy atom. The summed E-state index contributed by atoms with van der Waals surface area (Å²) in [6.45, 7) is 5.14. The van der Waals surface area contributed by atoms with Gasteiger partial charge in [0.25, 0.3) is 0 Å². The highest BCUT2D eigenvalue weighted by Gasteiger charge is 2.20. The Labute approximate surface area is 127 Å². The number of rotatable bonds is 3. The normalized spacial score (nSPS) is 17.8. The number of hydrogen-bond donors (Lipinski definition) is 1. The molecule has 1 atom stereocenters. The summed E-state index contributed by atoms with van der Waals surface area (Å²) in [6, 6.07) is 10.4. The summed E-state index contributed by atoms with van der Waals surface area (Å²) >= 11 is 0. The minimum absolute atomic E-state index is 0. The maximum Gasteiger partial charge on any atom is 0.133 e. The van der Waals surface area contributed by atoms with Gasteiger partial charge in [0, 0.05) is 32.4 Å². The van der Waals surface area contributed by atoms with Crippen molar-refractivity contribution in [2.75, 3.05) is 25.5 Å². The third-order valence-electron chi connectivity index (χ3n) is 3.44. The van der Waals surface area contributed by atoms with Crippen molar-refractivity contribution in [1.82, 2.24) is 10.2 Å². The van der Waals surface area contributed by atoms with Crippen LogP contribution in [0.2, 0.25) is 0 Å². The van der Waals surface area contributed by atoms with Crippen molar-refractivity contribution in [3.63, 3.8) is 0 Å². The Hall–Kier alpha value is -1.68. The molecule has 0 aromatic heterocycles. The van der Waals surface area contributed by atoms with Crippen molar-refractivity contribution in [3.8, 4) is 0 Å². The second-order valence-electron chi connectivity index (χ2n) is 4.59. The molecule has 1 aliphatic rings. The van der Waals surface area contributed by atoms with Crippen molar-refractivity contribution in [2.45, 2.75) is 20.0 Å². The largest absolute Gasteiger partial charge is 0.375 e. The summed E-state index contributed by atoms with van der Waals surface area (Å²) in [4.78, 5) is 9.11. The predicted molar refractivity (Wildman–Crippen MR) is 88.5 cm³/mol. The van der Waals surface area contributed by atoms with Crippen LogP contribution < -0.4 is 10.2 Å². The van der Waals surface area contributed by atoms with Gasteiger partial charge in [0.2, 0.25) is 0 Å². The van der Waals surface area contributed by atoms with Crippen LogP contribution in [0.25, 0.3) is 0 Å². The van der Waals surface area contributed by atoms with E-state index in [4.69, 9.17) is 4.99 Å². The molecule has 2 rings (SSSR count). The molecule has 5 heteroatoms. The van der Waals surface area contributed by atoms with Crippen LogP contribution in [0.5, 0.6) is 0 Å². The van der Waals surface area contributed by atoms with Crippen LogP contribution in [0.15, 0.2) is 47.2 Å². The SMILES string of the molecule is CCN(C1=NC(C)N(C)C(NC)=C1)c1ccccc1.Cl. The number of benzene rings is 1. The highest BCUT2D eigenvalue weighted by molar-refractivity contribution is 6.06. The molecule has 20 heavy (non-hydrogen) atoms. The molecule has 0 fully saturated rings. The highest BCUT2D eigenvalue weighted by Crippen LogP contribution is 2.19. The number of anilines is 1. The van der Waals surface area contributed by atoms with Crippen LogP contribution in [0, 0.1) is 0 Å². The lowest BCUT2D eigenvalue weighted by Crippen LogP contribution is -2.41. The van der Waals surface area contributed by atoms with E-state index in [2.05, 4.69) is 59.3 Å². The lowest BCUT2D eigenvalue weighted by molar-refractivity contribution is 0.310. The van der Waals surface area contributed by atoms with Gasteiger partial charge >= 0.3 is 0 Å². The van der Waals surface area contributed by atoms with E-state index in [1.54, 1.807) is 0 Å². The molecule has 0 aliphatic carbocycles. The average molecular weight is 295 g/mol. The summed E-state index contributed by atoms with van der Waals surface area (Å²) in [5.74, 6) is 2.09. The number of hydrogen-bond acceptors (Lipinski definition) is 4. The zero-order valence-corrected chi connectivity index (χ0v) is 13.3. The van der Waals surface area contributed by atoms with Crippen LogP contribution in [0.4, 0.5) is 5.69 Å². The molecule has 1 aromatic carbocycles. The quantitative estimate of drug-likeness (QED) is 0.930. The van der Waals surface area contributed by atoms with Crippen molar-refractivity contribution in [3.05, 3.63) is 42.2 Å². The molecule has 110 valence electrons. The number of nitrogens with one attached hydrogen (secondary N) is 1. The van der Waals surface area contributed by atoms with Crippen LogP contribution >= 0.6 is 12.4 Å². The maximum absolute atomic E-state index is 4.76. The van der Waals surface area contributed by atoms with Gasteiger partial charge in [-0.15, -0.1) is 12.4 Å². The van der Waals surface area contributed by atoms with Gasteiger partial charge in [-0.2, -0.15) is 0 Å². The van der Waals surface area contributed by atoms with Gasteiger partial charge in [-0.1, -0.05) is 18.2 Å². The lowest BCUT2D eigenvalue weighted by Gasteiger charge is -2.34. The molecule has 0 saturated carbocycles. The molecule has 1 aromatic rings. The summed E-state index contributed by atoms with van der Waals surface area (Å²) < 4.78 is 0. The Balaban J connectivity index is 0.00000200. The summed E-state index contributed by atoms with van der Waals surface area (Å²) in [5.41, 5.74) is 1.17. The first-order valence-corrected chi connectivity index (χ1v) is 6.70. The van der Waals surface area contributed by atoms with Crippen molar-refractivity contribution < 1.29 is 0 Å². The molecular formula is C15H23ClN4. The first-order chi connectivity index (χ1) is 9.17. The van der Waals surface area contributed by atoms with Crippen LogP contribution in [-0.4, -0.2) is 37.5 Å². The molecule has 0 bridgehead atoms. The number of aliphatic imine (C=N–C) groups is 1. The van der Waals surface area contributed by atoms with Gasteiger partial charge in [0.05, 0.1) is 0 Å². The fraction of sp³-hybridized carbons (Fsp3) is 0.400. The standard InChI is InChI=1S/C15H22N4.ClH/c1-5-19(13-9-7-6-8-10-13)15-11-14(16-3)18(4)12(2)17-15;/h6-12,16H,5H2,1-4H3;1H. The van der Waals surface area contributed by atoms with Gasteiger partial charge < -0.3 is 15.1 Å². The smallest absolute Gasteiger partial charge is 0.133 e. The number of halogens is 1. The minimum Gasteiger partial charge on any atom is -0.375 e. The fourth-order valence-electron chi connectivity index (χ4n) is 2.22. The van der Waals surface area contributed by atoms with Crippen LogP contribution in [0.3, 0.4) is 0 Å². The number of likely N-dealkylation sites (N-methyl/N-ethyl adjacent to an activating group) is 1. The molecule has 1 heterocycles. The molecule has 4 nitrogen and oxygen atoms in total. The third-order valence-corrected chi connectivity index (χ3v) is 3.44. The van der Waals surface area contributed by atoms with Crippen molar-refractivity contribution in [1.29, 1.82) is 0 Å². The highest BCUT2D eigenvalue weighted by atomic mass is 35.5. The van der Waals surface area contributed by atoms with E-state index >= 15 is 0 Å². The predicted octanol–water partition coefficient (Wildman–Crippen LogP) is 2.69. The van der Waals surface area contributed by atoms with E-state index in [9.17, 15) is 0 Å². The Kier molecular flexibility index (Phi) is 5.89. The van der Waals surface area contributed by atoms with Crippen LogP contribution in [0.1, 0.15) is 13.8 Å². The minimum atomic E-state index is 0. The molecular weight excluding hydrogens is 272 g/mol. The second kappa shape index (κ2) is 7.20. The first-order valence-electron chi connectivity index (χ1n) is 6.70. The van der Waals surface area contributed by atoms with E-state index in [-0.39, 0.29) is 18.6 Å². The monoisotopic (exact) mass is 294 g/mol. The Morgan fingerprint density at radius 2 is 1.95 bits per heavy atom. The molecule has 1 aliphatic heterocycles. The van der Waals surface area contributed by atoms with E-state index in [0.717, 1.165) is 18.2 Å². The summed E-state index contributed by atoms with van der Waals surface area (Å²) in [7, 11) is 3.99. The van der Waals surface area contributed by atoms with Gasteiger partial charge in [0.1, 0.15) is 17.8 Å². The van der Waals surface area contributed by atoms with Gasteiger partial charge in [0.15, 0.2) is 0 Å².